The number of ether oxygens (including phenoxy) is 1. The lowest BCUT2D eigenvalue weighted by Gasteiger charge is -2.09. The van der Waals surface area contributed by atoms with Crippen molar-refractivity contribution in [1.82, 2.24) is 0 Å². The topological polar surface area (TPSA) is 46.5 Å². The Balaban J connectivity index is 1.93. The standard InChI is InChI=1S/C18H17ClO3/c19-12-16(20)13-22-17-9-6-14(7-10-17)8-11-18(21)15-4-2-1-3-5-15/h1-11,16,20H,12-13H2/b11-8-/t16-/m1/s1. The maximum absolute atomic E-state index is 11.9. The largest absolute Gasteiger partial charge is 0.491 e. The van der Waals surface area contributed by atoms with Crippen molar-refractivity contribution in [2.24, 2.45) is 0 Å². The van der Waals surface area contributed by atoms with E-state index in [1.807, 2.05) is 30.3 Å². The Labute approximate surface area is 134 Å². The second-order valence-electron chi connectivity index (χ2n) is 4.75. The molecule has 0 aliphatic heterocycles. The van der Waals surface area contributed by atoms with Crippen LogP contribution in [0.15, 0.2) is 60.7 Å². The van der Waals surface area contributed by atoms with Gasteiger partial charge in [-0.1, -0.05) is 48.5 Å². The first-order valence-corrected chi connectivity index (χ1v) is 7.47. The van der Waals surface area contributed by atoms with Gasteiger partial charge in [0, 0.05) is 5.56 Å². The van der Waals surface area contributed by atoms with Gasteiger partial charge in [0.2, 0.25) is 0 Å². The summed E-state index contributed by atoms with van der Waals surface area (Å²) in [5.41, 5.74) is 1.56. The van der Waals surface area contributed by atoms with Crippen molar-refractivity contribution in [3.63, 3.8) is 0 Å². The molecule has 0 unspecified atom stereocenters. The molecule has 1 atom stereocenters. The molecule has 114 valence electrons. The lowest BCUT2D eigenvalue weighted by molar-refractivity contribution is 0.104. The Hall–Kier alpha value is -2.10. The molecule has 3 nitrogen and oxygen atoms in total. The zero-order valence-electron chi connectivity index (χ0n) is 12.0. The van der Waals surface area contributed by atoms with E-state index in [0.717, 1.165) is 5.56 Å². The van der Waals surface area contributed by atoms with Crippen molar-refractivity contribution >= 4 is 23.5 Å². The zero-order valence-corrected chi connectivity index (χ0v) is 12.7. The quantitative estimate of drug-likeness (QED) is 0.482. The monoisotopic (exact) mass is 316 g/mol. The predicted molar refractivity (Wildman–Crippen MR) is 88.5 cm³/mol. The summed E-state index contributed by atoms with van der Waals surface area (Å²) in [5.74, 6) is 0.754. The minimum Gasteiger partial charge on any atom is -0.491 e. The minimum atomic E-state index is -0.676. The van der Waals surface area contributed by atoms with E-state index in [4.69, 9.17) is 16.3 Å². The van der Waals surface area contributed by atoms with Gasteiger partial charge in [0.1, 0.15) is 18.5 Å². The maximum Gasteiger partial charge on any atom is 0.185 e. The highest BCUT2D eigenvalue weighted by atomic mass is 35.5. The molecule has 0 saturated heterocycles. The second kappa shape index (κ2) is 8.37. The molecule has 0 heterocycles. The number of alkyl halides is 1. The average molecular weight is 317 g/mol. The third-order valence-corrected chi connectivity index (χ3v) is 3.34. The number of hydrogen-bond acceptors (Lipinski definition) is 3. The summed E-state index contributed by atoms with van der Waals surface area (Å²) in [5, 5.41) is 9.32. The van der Waals surface area contributed by atoms with E-state index in [2.05, 4.69) is 0 Å². The number of carbonyl (C=O) groups excluding carboxylic acids is 1. The van der Waals surface area contributed by atoms with Gasteiger partial charge in [-0.15, -0.1) is 11.6 Å². The van der Waals surface area contributed by atoms with E-state index in [-0.39, 0.29) is 18.3 Å². The molecule has 0 bridgehead atoms. The van der Waals surface area contributed by atoms with Gasteiger partial charge in [0.25, 0.3) is 0 Å². The van der Waals surface area contributed by atoms with Crippen molar-refractivity contribution < 1.29 is 14.6 Å². The first-order valence-electron chi connectivity index (χ1n) is 6.93. The van der Waals surface area contributed by atoms with E-state index in [9.17, 15) is 9.90 Å². The third-order valence-electron chi connectivity index (χ3n) is 2.99. The van der Waals surface area contributed by atoms with E-state index in [1.165, 1.54) is 0 Å². The molecule has 0 aromatic heterocycles. The van der Waals surface area contributed by atoms with Crippen LogP contribution in [0.5, 0.6) is 5.75 Å². The Morgan fingerprint density at radius 2 is 1.82 bits per heavy atom. The fourth-order valence-electron chi connectivity index (χ4n) is 1.78. The highest BCUT2D eigenvalue weighted by Crippen LogP contribution is 2.14. The van der Waals surface area contributed by atoms with Crippen LogP contribution in [0.25, 0.3) is 6.08 Å². The van der Waals surface area contributed by atoms with Gasteiger partial charge in [0.05, 0.1) is 5.88 Å². The summed E-state index contributed by atoms with van der Waals surface area (Å²) in [4.78, 5) is 11.9. The lowest BCUT2D eigenvalue weighted by atomic mass is 10.1. The van der Waals surface area contributed by atoms with Gasteiger partial charge in [-0.05, 0) is 23.8 Å². The van der Waals surface area contributed by atoms with Crippen LogP contribution in [0.1, 0.15) is 15.9 Å². The van der Waals surface area contributed by atoms with Crippen LogP contribution >= 0.6 is 11.6 Å². The molecule has 0 aliphatic carbocycles. The third kappa shape index (κ3) is 5.02. The number of aliphatic hydroxyl groups excluding tert-OH is 1. The summed E-state index contributed by atoms with van der Waals surface area (Å²) in [7, 11) is 0. The fourth-order valence-corrected chi connectivity index (χ4v) is 1.87. The number of aliphatic hydroxyl groups is 1. The molecule has 0 fully saturated rings. The maximum atomic E-state index is 11.9. The fraction of sp³-hybridized carbons (Fsp3) is 0.167. The van der Waals surface area contributed by atoms with Gasteiger partial charge in [0.15, 0.2) is 5.78 Å². The first kappa shape index (κ1) is 16.3. The SMILES string of the molecule is O=C(/C=C\c1ccc(OC[C@H](O)CCl)cc1)c1ccccc1. The summed E-state index contributed by atoms with van der Waals surface area (Å²) in [6.45, 7) is 0.158. The molecule has 4 heteroatoms. The van der Waals surface area contributed by atoms with E-state index < -0.39 is 6.10 Å². The second-order valence-corrected chi connectivity index (χ2v) is 5.06. The minimum absolute atomic E-state index is 0.0360. The summed E-state index contributed by atoms with van der Waals surface area (Å²) in [6.07, 6.45) is 2.62. The molecule has 2 rings (SSSR count). The highest BCUT2D eigenvalue weighted by Gasteiger charge is 2.03. The molecule has 1 N–H and O–H groups in total. The van der Waals surface area contributed by atoms with Crippen LogP contribution in [-0.4, -0.2) is 29.5 Å². The molecule has 2 aromatic carbocycles. The van der Waals surface area contributed by atoms with E-state index in [1.54, 1.807) is 36.4 Å². The van der Waals surface area contributed by atoms with Crippen molar-refractivity contribution in [2.75, 3.05) is 12.5 Å². The smallest absolute Gasteiger partial charge is 0.185 e. The van der Waals surface area contributed by atoms with Crippen LogP contribution in [0.3, 0.4) is 0 Å². The zero-order chi connectivity index (χ0) is 15.8. The molecular weight excluding hydrogens is 300 g/mol. The number of hydrogen-bond donors (Lipinski definition) is 1. The summed E-state index contributed by atoms with van der Waals surface area (Å²) >= 11 is 5.49. The lowest BCUT2D eigenvalue weighted by Crippen LogP contribution is -2.18. The first-order chi connectivity index (χ1) is 10.7. The number of halogens is 1. The van der Waals surface area contributed by atoms with Crippen molar-refractivity contribution in [1.29, 1.82) is 0 Å². The molecule has 0 spiro atoms. The van der Waals surface area contributed by atoms with Crippen LogP contribution in [0.2, 0.25) is 0 Å². The predicted octanol–water partition coefficient (Wildman–Crippen LogP) is 3.56. The van der Waals surface area contributed by atoms with Gasteiger partial charge < -0.3 is 9.84 Å². The van der Waals surface area contributed by atoms with E-state index in [0.29, 0.717) is 11.3 Å². The molecule has 22 heavy (non-hydrogen) atoms. The molecule has 0 saturated carbocycles. The van der Waals surface area contributed by atoms with Gasteiger partial charge in [-0.3, -0.25) is 4.79 Å². The van der Waals surface area contributed by atoms with Gasteiger partial charge in [-0.25, -0.2) is 0 Å². The van der Waals surface area contributed by atoms with Gasteiger partial charge in [-0.2, -0.15) is 0 Å². The number of allylic oxidation sites excluding steroid dienone is 1. The Morgan fingerprint density at radius 3 is 2.45 bits per heavy atom. The molecule has 0 radical (unpaired) electrons. The van der Waals surface area contributed by atoms with Crippen molar-refractivity contribution in [3.05, 3.63) is 71.8 Å². The average Bonchev–Trinajstić information content (AvgIpc) is 2.59. The summed E-state index contributed by atoms with van der Waals surface area (Å²) < 4.78 is 5.38. The number of carbonyl (C=O) groups is 1. The summed E-state index contributed by atoms with van der Waals surface area (Å²) in [6, 6.07) is 16.4. The Bertz CT molecular complexity index is 621. The number of rotatable bonds is 7. The highest BCUT2D eigenvalue weighted by molar-refractivity contribution is 6.18. The number of benzene rings is 2. The number of ketones is 1. The van der Waals surface area contributed by atoms with Gasteiger partial charge >= 0.3 is 0 Å². The van der Waals surface area contributed by atoms with Crippen LogP contribution in [0.4, 0.5) is 0 Å². The Morgan fingerprint density at radius 1 is 1.14 bits per heavy atom. The Kier molecular flexibility index (Phi) is 6.19. The molecular formula is C18H17ClO3. The van der Waals surface area contributed by atoms with E-state index >= 15 is 0 Å². The molecule has 0 amide bonds. The molecule has 2 aromatic rings. The van der Waals surface area contributed by atoms with Crippen LogP contribution in [-0.2, 0) is 0 Å². The van der Waals surface area contributed by atoms with Crippen LogP contribution in [0, 0.1) is 0 Å². The van der Waals surface area contributed by atoms with Crippen molar-refractivity contribution in [2.45, 2.75) is 6.10 Å². The van der Waals surface area contributed by atoms with Crippen molar-refractivity contribution in [3.8, 4) is 5.75 Å². The normalized spacial score (nSPS) is 12.3. The molecule has 0 aliphatic rings. The van der Waals surface area contributed by atoms with Crippen LogP contribution < -0.4 is 4.74 Å².